The topological polar surface area (TPSA) is 139 Å². The van der Waals surface area contributed by atoms with Gasteiger partial charge in [-0.1, -0.05) is 6.92 Å². The third-order valence-electron chi connectivity index (χ3n) is 5.18. The van der Waals surface area contributed by atoms with Gasteiger partial charge in [-0.2, -0.15) is 4.72 Å². The summed E-state index contributed by atoms with van der Waals surface area (Å²) < 4.78 is 35.6. The van der Waals surface area contributed by atoms with E-state index >= 15 is 0 Å². The number of aryl methyl sites for hydroxylation is 2. The summed E-state index contributed by atoms with van der Waals surface area (Å²) in [4.78, 5) is 33.4. The van der Waals surface area contributed by atoms with Crippen LogP contribution in [-0.4, -0.2) is 65.6 Å². The number of fused-ring (bicyclic) bond motifs is 1. The SMILES string of the molecule is CCCc1nc(C)c2c(=O)[nH]c(-c3cc(S(=O)(=O)NC(C)C(=O)N(C)C)ccc3OCC)nn12. The van der Waals surface area contributed by atoms with Gasteiger partial charge >= 0.3 is 0 Å². The zero-order valence-corrected chi connectivity index (χ0v) is 21.0. The standard InChI is InChI=1S/C22H30N6O5S/c1-7-9-18-23-13(3)19-21(29)24-20(25-28(18)19)16-12-15(10-11-17(16)33-8-2)34(31,32)26-14(4)22(30)27(5)6/h10-12,14,26H,7-9H2,1-6H3,(H,24,25,29). The number of hydrogen-bond acceptors (Lipinski definition) is 7. The lowest BCUT2D eigenvalue weighted by molar-refractivity contribution is -0.130. The molecule has 0 spiro atoms. The number of sulfonamides is 1. The van der Waals surface area contributed by atoms with Gasteiger partial charge in [-0.3, -0.25) is 9.59 Å². The Morgan fingerprint density at radius 3 is 2.62 bits per heavy atom. The highest BCUT2D eigenvalue weighted by Crippen LogP contribution is 2.30. The number of ether oxygens (including phenoxy) is 1. The Morgan fingerprint density at radius 1 is 1.29 bits per heavy atom. The van der Waals surface area contributed by atoms with Crippen molar-refractivity contribution in [2.75, 3.05) is 20.7 Å². The number of amides is 1. The molecule has 0 aliphatic rings. The average Bonchev–Trinajstić information content (AvgIpc) is 3.09. The van der Waals surface area contributed by atoms with E-state index in [0.717, 1.165) is 6.42 Å². The number of benzene rings is 1. The average molecular weight is 491 g/mol. The van der Waals surface area contributed by atoms with E-state index < -0.39 is 21.6 Å². The normalized spacial score (nSPS) is 12.6. The Labute approximate surface area is 198 Å². The second-order valence-corrected chi connectivity index (χ2v) is 9.81. The zero-order chi connectivity index (χ0) is 25.2. The molecule has 0 aliphatic heterocycles. The smallest absolute Gasteiger partial charge is 0.277 e. The van der Waals surface area contributed by atoms with Gasteiger partial charge in [0.15, 0.2) is 11.3 Å². The van der Waals surface area contributed by atoms with Crippen LogP contribution in [0.25, 0.3) is 16.9 Å². The maximum absolute atomic E-state index is 13.0. The fourth-order valence-electron chi connectivity index (χ4n) is 3.62. The first kappa shape index (κ1) is 25.4. The number of nitrogens with one attached hydrogen (secondary N) is 2. The predicted octanol–water partition coefficient (Wildman–Crippen LogP) is 1.50. The van der Waals surface area contributed by atoms with E-state index in [1.165, 1.54) is 34.5 Å². The quantitative estimate of drug-likeness (QED) is 0.463. The van der Waals surface area contributed by atoms with Crippen molar-refractivity contribution >= 4 is 21.4 Å². The van der Waals surface area contributed by atoms with Gasteiger partial charge in [0, 0.05) is 20.5 Å². The Balaban J connectivity index is 2.15. The van der Waals surface area contributed by atoms with Gasteiger partial charge in [0.25, 0.3) is 5.56 Å². The lowest BCUT2D eigenvalue weighted by atomic mass is 10.2. The molecule has 0 aliphatic carbocycles. The van der Waals surface area contributed by atoms with E-state index in [0.29, 0.717) is 41.4 Å². The Morgan fingerprint density at radius 2 is 2.00 bits per heavy atom. The first-order chi connectivity index (χ1) is 16.0. The highest BCUT2D eigenvalue weighted by Gasteiger charge is 2.25. The predicted molar refractivity (Wildman–Crippen MR) is 127 cm³/mol. The van der Waals surface area contributed by atoms with Crippen molar-refractivity contribution in [2.45, 2.75) is 51.5 Å². The minimum absolute atomic E-state index is 0.0947. The molecule has 0 saturated carbocycles. The van der Waals surface area contributed by atoms with Gasteiger partial charge in [-0.05, 0) is 45.4 Å². The summed E-state index contributed by atoms with van der Waals surface area (Å²) in [6.45, 7) is 7.33. The van der Waals surface area contributed by atoms with Crippen molar-refractivity contribution in [1.82, 2.24) is 29.2 Å². The molecular weight excluding hydrogens is 460 g/mol. The molecule has 3 rings (SSSR count). The monoisotopic (exact) mass is 490 g/mol. The first-order valence-electron chi connectivity index (χ1n) is 11.0. The van der Waals surface area contributed by atoms with Gasteiger partial charge in [0.05, 0.1) is 28.8 Å². The molecule has 34 heavy (non-hydrogen) atoms. The van der Waals surface area contributed by atoms with Crippen LogP contribution in [0.1, 0.15) is 38.7 Å². The third kappa shape index (κ3) is 4.97. The summed E-state index contributed by atoms with van der Waals surface area (Å²) in [5.74, 6) is 0.757. The molecule has 0 radical (unpaired) electrons. The number of imidazole rings is 1. The molecule has 184 valence electrons. The molecule has 2 aromatic heterocycles. The number of aromatic amines is 1. The van der Waals surface area contributed by atoms with Crippen molar-refractivity contribution in [3.05, 3.63) is 40.1 Å². The van der Waals surface area contributed by atoms with Crippen LogP contribution in [-0.2, 0) is 21.2 Å². The summed E-state index contributed by atoms with van der Waals surface area (Å²) in [5, 5.41) is 4.57. The van der Waals surface area contributed by atoms with Crippen LogP contribution in [0.4, 0.5) is 0 Å². The van der Waals surface area contributed by atoms with Gasteiger partial charge in [0.2, 0.25) is 15.9 Å². The maximum Gasteiger partial charge on any atom is 0.277 e. The van der Waals surface area contributed by atoms with Crippen LogP contribution < -0.4 is 15.0 Å². The number of H-pyrrole nitrogens is 1. The van der Waals surface area contributed by atoms with Crippen LogP contribution in [0.2, 0.25) is 0 Å². The van der Waals surface area contributed by atoms with Crippen molar-refractivity contribution in [2.24, 2.45) is 0 Å². The van der Waals surface area contributed by atoms with Crippen molar-refractivity contribution in [3.63, 3.8) is 0 Å². The first-order valence-corrected chi connectivity index (χ1v) is 12.5. The van der Waals surface area contributed by atoms with Gasteiger partial charge < -0.3 is 14.6 Å². The number of carbonyl (C=O) groups excluding carboxylic acids is 1. The van der Waals surface area contributed by atoms with Crippen LogP contribution in [0, 0.1) is 6.92 Å². The summed E-state index contributed by atoms with van der Waals surface area (Å²) in [6.07, 6.45) is 1.44. The maximum atomic E-state index is 13.0. The van der Waals surface area contributed by atoms with E-state index in [2.05, 4.69) is 19.8 Å². The van der Waals surface area contributed by atoms with E-state index in [4.69, 9.17) is 4.74 Å². The molecule has 1 amide bonds. The molecule has 2 heterocycles. The molecule has 12 heteroatoms. The minimum atomic E-state index is -4.06. The molecule has 0 saturated heterocycles. The number of hydrogen-bond donors (Lipinski definition) is 2. The van der Waals surface area contributed by atoms with Crippen LogP contribution >= 0.6 is 0 Å². The second-order valence-electron chi connectivity index (χ2n) is 8.09. The van der Waals surface area contributed by atoms with E-state index in [-0.39, 0.29) is 16.6 Å². The molecule has 11 nitrogen and oxygen atoms in total. The van der Waals surface area contributed by atoms with Crippen LogP contribution in [0.5, 0.6) is 5.75 Å². The number of aromatic nitrogens is 4. The number of likely N-dealkylation sites (N-methyl/N-ethyl adjacent to an activating group) is 1. The molecular formula is C22H30N6O5S. The summed E-state index contributed by atoms with van der Waals surface area (Å²) in [6, 6.07) is 3.29. The van der Waals surface area contributed by atoms with Crippen molar-refractivity contribution in [3.8, 4) is 17.1 Å². The summed E-state index contributed by atoms with van der Waals surface area (Å²) in [7, 11) is -0.964. The fourth-order valence-corrected chi connectivity index (χ4v) is 4.85. The second kappa shape index (κ2) is 9.94. The van der Waals surface area contributed by atoms with Crippen molar-refractivity contribution in [1.29, 1.82) is 0 Å². The number of carbonyl (C=O) groups is 1. The summed E-state index contributed by atoms with van der Waals surface area (Å²) >= 11 is 0. The Hall–Kier alpha value is -3.25. The Bertz CT molecular complexity index is 1380. The highest BCUT2D eigenvalue weighted by atomic mass is 32.2. The molecule has 1 aromatic carbocycles. The van der Waals surface area contributed by atoms with Crippen LogP contribution in [0.15, 0.2) is 27.9 Å². The fraction of sp³-hybridized carbons (Fsp3) is 0.455. The Kier molecular flexibility index (Phi) is 7.41. The van der Waals surface area contributed by atoms with E-state index in [1.807, 2.05) is 6.92 Å². The zero-order valence-electron chi connectivity index (χ0n) is 20.2. The lowest BCUT2D eigenvalue weighted by Crippen LogP contribution is -2.44. The summed E-state index contributed by atoms with van der Waals surface area (Å²) in [5.41, 5.74) is 0.806. The van der Waals surface area contributed by atoms with Gasteiger partial charge in [-0.25, -0.2) is 17.9 Å². The third-order valence-corrected chi connectivity index (χ3v) is 6.71. The van der Waals surface area contributed by atoms with Gasteiger partial charge in [-0.15, -0.1) is 5.10 Å². The number of nitrogens with zero attached hydrogens (tertiary/aromatic N) is 4. The van der Waals surface area contributed by atoms with E-state index in [1.54, 1.807) is 27.9 Å². The molecule has 0 bridgehead atoms. The molecule has 0 fully saturated rings. The molecule has 1 atom stereocenters. The minimum Gasteiger partial charge on any atom is -0.493 e. The molecule has 2 N–H and O–H groups in total. The molecule has 3 aromatic rings. The lowest BCUT2D eigenvalue weighted by Gasteiger charge is -2.18. The molecule has 1 unspecified atom stereocenters. The van der Waals surface area contributed by atoms with Gasteiger partial charge in [0.1, 0.15) is 11.6 Å². The number of rotatable bonds is 9. The highest BCUT2D eigenvalue weighted by molar-refractivity contribution is 7.89. The van der Waals surface area contributed by atoms with Crippen molar-refractivity contribution < 1.29 is 17.9 Å². The largest absolute Gasteiger partial charge is 0.493 e. The van der Waals surface area contributed by atoms with Crippen LogP contribution in [0.3, 0.4) is 0 Å². The van der Waals surface area contributed by atoms with E-state index in [9.17, 15) is 18.0 Å².